The van der Waals surface area contributed by atoms with E-state index in [4.69, 9.17) is 4.74 Å². The summed E-state index contributed by atoms with van der Waals surface area (Å²) in [5.74, 6) is 1.89. The highest BCUT2D eigenvalue weighted by Crippen LogP contribution is 2.66. The zero-order valence-corrected chi connectivity index (χ0v) is 16.4. The molecule has 4 fully saturated rings. The first-order valence-electron chi connectivity index (χ1n) is 10.4. The van der Waals surface area contributed by atoms with Crippen LogP contribution in [-0.4, -0.2) is 26.2 Å². The summed E-state index contributed by atoms with van der Waals surface area (Å²) in [6.07, 6.45) is 9.43. The van der Waals surface area contributed by atoms with Gasteiger partial charge in [0, 0.05) is 26.7 Å². The molecule has 4 bridgehead atoms. The van der Waals surface area contributed by atoms with E-state index in [1.165, 1.54) is 49.7 Å². The van der Waals surface area contributed by atoms with Crippen LogP contribution in [0.4, 0.5) is 0 Å². The van der Waals surface area contributed by atoms with Gasteiger partial charge in [-0.2, -0.15) is 0 Å². The third-order valence-corrected chi connectivity index (χ3v) is 7.23. The minimum Gasteiger partial charge on any atom is -0.385 e. The number of benzene rings is 1. The molecule has 0 aliphatic heterocycles. The van der Waals surface area contributed by atoms with Gasteiger partial charge in [0.1, 0.15) is 0 Å². The van der Waals surface area contributed by atoms with Crippen molar-refractivity contribution in [2.45, 2.75) is 63.7 Å². The van der Waals surface area contributed by atoms with Gasteiger partial charge < -0.3 is 10.1 Å². The van der Waals surface area contributed by atoms with Gasteiger partial charge >= 0.3 is 0 Å². The van der Waals surface area contributed by atoms with Gasteiger partial charge in [0.05, 0.1) is 0 Å². The second kappa shape index (κ2) is 6.99. The lowest BCUT2D eigenvalue weighted by atomic mass is 9.42. The Kier molecular flexibility index (Phi) is 4.85. The Hall–Kier alpha value is -1.35. The predicted molar refractivity (Wildman–Crippen MR) is 104 cm³/mol. The van der Waals surface area contributed by atoms with Gasteiger partial charge in [-0.3, -0.25) is 4.79 Å². The molecule has 0 radical (unpaired) electrons. The highest BCUT2D eigenvalue weighted by Gasteiger charge is 2.58. The zero-order valence-electron chi connectivity index (χ0n) is 16.4. The van der Waals surface area contributed by atoms with E-state index in [1.54, 1.807) is 7.11 Å². The van der Waals surface area contributed by atoms with Crippen molar-refractivity contribution >= 4 is 5.91 Å². The number of amides is 1. The van der Waals surface area contributed by atoms with E-state index in [-0.39, 0.29) is 11.3 Å². The number of methoxy groups -OCH3 is 1. The lowest BCUT2D eigenvalue weighted by molar-refractivity contribution is -0.131. The zero-order chi connectivity index (χ0) is 18.2. The molecule has 0 spiro atoms. The van der Waals surface area contributed by atoms with E-state index in [1.807, 2.05) is 0 Å². The minimum atomic E-state index is 0.236. The molecule has 4 saturated carbocycles. The maximum absolute atomic E-state index is 12.6. The fraction of sp³-hybridized carbons (Fsp3) is 0.696. The number of carbonyl (C=O) groups is 1. The lowest BCUT2D eigenvalue weighted by Crippen LogP contribution is -2.55. The first kappa shape index (κ1) is 18.0. The molecule has 1 N–H and O–H groups in total. The van der Waals surface area contributed by atoms with E-state index in [0.29, 0.717) is 12.0 Å². The van der Waals surface area contributed by atoms with E-state index >= 15 is 0 Å². The van der Waals surface area contributed by atoms with Crippen LogP contribution in [0.5, 0.6) is 0 Å². The summed E-state index contributed by atoms with van der Waals surface area (Å²) >= 11 is 0. The molecule has 4 aliphatic rings. The molecule has 26 heavy (non-hydrogen) atoms. The van der Waals surface area contributed by atoms with Gasteiger partial charge in [0.15, 0.2) is 0 Å². The van der Waals surface area contributed by atoms with Crippen molar-refractivity contribution in [2.75, 3.05) is 20.3 Å². The van der Waals surface area contributed by atoms with Crippen LogP contribution in [0.1, 0.15) is 62.5 Å². The predicted octanol–water partition coefficient (Wildman–Crippen LogP) is 4.38. The molecule has 4 aliphatic carbocycles. The topological polar surface area (TPSA) is 38.3 Å². The van der Waals surface area contributed by atoms with Crippen molar-refractivity contribution in [1.82, 2.24) is 5.32 Å². The summed E-state index contributed by atoms with van der Waals surface area (Å²) < 4.78 is 5.08. The standard InChI is InChI=1S/C23H33NO2/c1-17-4-6-20(7-5-17)23-13-18-10-19(14-23)12-22(11-18,16-23)15-21(25)24-8-3-9-26-2/h4-7,18-19H,3,8-16H2,1-2H3,(H,24,25)/t18-,19-,22?,23?/m0/s1. The molecule has 3 nitrogen and oxygen atoms in total. The number of carbonyl (C=O) groups excluding carboxylic acids is 1. The Balaban J connectivity index is 1.49. The van der Waals surface area contributed by atoms with E-state index in [0.717, 1.165) is 31.2 Å². The summed E-state index contributed by atoms with van der Waals surface area (Å²) in [5.41, 5.74) is 3.43. The Bertz CT molecular complexity index is 637. The lowest BCUT2D eigenvalue weighted by Gasteiger charge is -2.62. The number of aryl methyl sites for hydroxylation is 1. The van der Waals surface area contributed by atoms with Crippen molar-refractivity contribution in [1.29, 1.82) is 0 Å². The third kappa shape index (κ3) is 3.43. The Labute approximate surface area is 157 Å². The largest absolute Gasteiger partial charge is 0.385 e. The van der Waals surface area contributed by atoms with Crippen LogP contribution in [0.2, 0.25) is 0 Å². The van der Waals surface area contributed by atoms with E-state index in [2.05, 4.69) is 36.5 Å². The fourth-order valence-corrected chi connectivity index (χ4v) is 6.75. The monoisotopic (exact) mass is 355 g/mol. The average molecular weight is 356 g/mol. The summed E-state index contributed by atoms with van der Waals surface area (Å²) in [4.78, 5) is 12.6. The molecule has 0 aromatic heterocycles. The van der Waals surface area contributed by atoms with Gasteiger partial charge in [0.2, 0.25) is 5.91 Å². The summed E-state index contributed by atoms with van der Waals surface area (Å²) in [6, 6.07) is 9.26. The van der Waals surface area contributed by atoms with Gasteiger partial charge in [-0.15, -0.1) is 0 Å². The molecule has 2 atom stereocenters. The third-order valence-electron chi connectivity index (χ3n) is 7.23. The second-order valence-electron chi connectivity index (χ2n) is 9.48. The molecule has 0 unspecified atom stereocenters. The van der Waals surface area contributed by atoms with Crippen LogP contribution >= 0.6 is 0 Å². The number of hydrogen-bond donors (Lipinski definition) is 1. The van der Waals surface area contributed by atoms with Crippen molar-refractivity contribution in [3.8, 4) is 0 Å². The SMILES string of the molecule is COCCCNC(=O)CC12C[C@@H]3C[C@@H](C1)CC(c1ccc(C)cc1)(C3)C2. The molecule has 5 rings (SSSR count). The highest BCUT2D eigenvalue weighted by molar-refractivity contribution is 5.76. The number of ether oxygens (including phenoxy) is 1. The number of rotatable bonds is 7. The smallest absolute Gasteiger partial charge is 0.220 e. The fourth-order valence-electron chi connectivity index (χ4n) is 6.75. The van der Waals surface area contributed by atoms with Crippen molar-refractivity contribution in [3.63, 3.8) is 0 Å². The Morgan fingerprint density at radius 2 is 1.85 bits per heavy atom. The Morgan fingerprint density at radius 3 is 2.50 bits per heavy atom. The Morgan fingerprint density at radius 1 is 1.15 bits per heavy atom. The van der Waals surface area contributed by atoms with Crippen molar-refractivity contribution in [3.05, 3.63) is 35.4 Å². The van der Waals surface area contributed by atoms with Crippen LogP contribution in [-0.2, 0) is 14.9 Å². The quantitative estimate of drug-likeness (QED) is 0.737. The van der Waals surface area contributed by atoms with Crippen LogP contribution in [0.25, 0.3) is 0 Å². The second-order valence-corrected chi connectivity index (χ2v) is 9.48. The maximum Gasteiger partial charge on any atom is 0.220 e. The van der Waals surface area contributed by atoms with Crippen LogP contribution in [0, 0.1) is 24.2 Å². The van der Waals surface area contributed by atoms with E-state index < -0.39 is 0 Å². The molecule has 142 valence electrons. The van der Waals surface area contributed by atoms with Crippen LogP contribution in [0.15, 0.2) is 24.3 Å². The molecular weight excluding hydrogens is 322 g/mol. The number of hydrogen-bond acceptors (Lipinski definition) is 2. The molecule has 1 aromatic carbocycles. The average Bonchev–Trinajstić information content (AvgIpc) is 2.57. The first-order chi connectivity index (χ1) is 12.5. The van der Waals surface area contributed by atoms with E-state index in [9.17, 15) is 4.79 Å². The van der Waals surface area contributed by atoms with Crippen LogP contribution < -0.4 is 5.32 Å². The van der Waals surface area contributed by atoms with Gasteiger partial charge in [0.25, 0.3) is 0 Å². The van der Waals surface area contributed by atoms with Gasteiger partial charge in [-0.1, -0.05) is 29.8 Å². The molecule has 0 heterocycles. The number of nitrogens with one attached hydrogen (secondary N) is 1. The summed E-state index contributed by atoms with van der Waals surface area (Å²) in [6.45, 7) is 3.61. The maximum atomic E-state index is 12.6. The molecule has 0 saturated heterocycles. The first-order valence-corrected chi connectivity index (χ1v) is 10.4. The molecular formula is C23H33NO2. The summed E-state index contributed by atoms with van der Waals surface area (Å²) in [7, 11) is 1.71. The molecule has 3 heteroatoms. The molecule has 1 aromatic rings. The van der Waals surface area contributed by atoms with Crippen molar-refractivity contribution in [2.24, 2.45) is 17.3 Å². The minimum absolute atomic E-state index is 0.236. The normalized spacial score (nSPS) is 34.8. The van der Waals surface area contributed by atoms with Crippen LogP contribution in [0.3, 0.4) is 0 Å². The highest BCUT2D eigenvalue weighted by atomic mass is 16.5. The van der Waals surface area contributed by atoms with Crippen molar-refractivity contribution < 1.29 is 9.53 Å². The van der Waals surface area contributed by atoms with Gasteiger partial charge in [-0.25, -0.2) is 0 Å². The molecule has 1 amide bonds. The summed E-state index contributed by atoms with van der Waals surface area (Å²) in [5, 5.41) is 3.13. The van der Waals surface area contributed by atoms with Gasteiger partial charge in [-0.05, 0) is 80.1 Å².